The number of ether oxygens (including phenoxy) is 3. The molecule has 11 nitrogen and oxygen atoms in total. The Labute approximate surface area is 292 Å². The fraction of sp³-hybridized carbons (Fsp3) is 0.375. The molecule has 2 N–H and O–H groups in total. The number of para-hydroxylation sites is 1. The minimum atomic E-state index is -5.43. The molecule has 0 aliphatic carbocycles. The van der Waals surface area contributed by atoms with Crippen molar-refractivity contribution < 1.29 is 68.1 Å². The van der Waals surface area contributed by atoms with Gasteiger partial charge < -0.3 is 24.6 Å². The highest BCUT2D eigenvalue weighted by molar-refractivity contribution is 7.93. The molecular weight excluding hydrogens is 736 g/mol. The first kappa shape index (κ1) is 38.0. The number of aliphatic hydroxyl groups is 1. The molecule has 4 atom stereocenters. The Hall–Kier alpha value is -4.26. The number of sulfonamides is 1. The number of benzene rings is 3. The van der Waals surface area contributed by atoms with E-state index in [4.69, 9.17) is 25.8 Å². The first-order valence-corrected chi connectivity index (χ1v) is 16.8. The van der Waals surface area contributed by atoms with Gasteiger partial charge in [0.15, 0.2) is 19.3 Å². The van der Waals surface area contributed by atoms with Crippen molar-refractivity contribution >= 4 is 39.1 Å². The van der Waals surface area contributed by atoms with Crippen LogP contribution < -0.4 is 23.8 Å². The zero-order valence-corrected chi connectivity index (χ0v) is 28.6. The summed E-state index contributed by atoms with van der Waals surface area (Å²) >= 11 is 6.47. The number of halogens is 7. The molecule has 0 bridgehead atoms. The van der Waals surface area contributed by atoms with Crippen molar-refractivity contribution in [3.63, 3.8) is 0 Å². The minimum absolute atomic E-state index is 0.0136. The van der Waals surface area contributed by atoms with E-state index in [9.17, 15) is 44.7 Å². The molecule has 1 fully saturated rings. The molecule has 2 amide bonds. The molecule has 276 valence electrons. The zero-order valence-electron chi connectivity index (χ0n) is 27.0. The predicted molar refractivity (Wildman–Crippen MR) is 169 cm³/mol. The van der Waals surface area contributed by atoms with Crippen LogP contribution in [0, 0.1) is 0 Å². The van der Waals surface area contributed by atoms with E-state index in [2.05, 4.69) is 5.32 Å². The molecule has 19 heteroatoms. The number of quaternary nitrogens is 1. The Morgan fingerprint density at radius 3 is 2.27 bits per heavy atom. The molecule has 2 unspecified atom stereocenters. The van der Waals surface area contributed by atoms with Gasteiger partial charge in [-0.1, -0.05) is 23.7 Å². The molecule has 2 aliphatic rings. The number of hydrogen-bond donors (Lipinski definition) is 2. The van der Waals surface area contributed by atoms with Crippen molar-refractivity contribution in [2.75, 3.05) is 45.3 Å². The van der Waals surface area contributed by atoms with E-state index in [1.807, 2.05) is 0 Å². The maximum atomic E-state index is 15.4. The summed E-state index contributed by atoms with van der Waals surface area (Å²) < 4.78 is 123. The lowest BCUT2D eigenvalue weighted by atomic mass is 9.78. The van der Waals surface area contributed by atoms with Crippen LogP contribution in [0.4, 0.5) is 32.0 Å². The molecule has 1 saturated heterocycles. The third-order valence-corrected chi connectivity index (χ3v) is 10.8. The molecule has 0 aromatic heterocycles. The van der Waals surface area contributed by atoms with Gasteiger partial charge >= 0.3 is 18.3 Å². The molecule has 3 aromatic rings. The first-order chi connectivity index (χ1) is 23.7. The SMILES string of the molecule is CNC(=O)[C@@H]1C[C@@H](O)C[N+]1(C)C1(c2ccccc2OC)C(=O)N(S(=O)(=O)c2cc(OCC(F)(F)F)ccc2OCC(F)(F)F)c2ccc(Cl)cc21. The highest BCUT2D eigenvalue weighted by Crippen LogP contribution is 2.58. The number of carbonyl (C=O) groups excluding carboxylic acids is 2. The van der Waals surface area contributed by atoms with E-state index in [0.717, 1.165) is 12.1 Å². The Bertz CT molecular complexity index is 1960. The van der Waals surface area contributed by atoms with Gasteiger partial charge in [-0.15, -0.1) is 0 Å². The second-order valence-electron chi connectivity index (χ2n) is 12.0. The van der Waals surface area contributed by atoms with Crippen LogP contribution in [0.25, 0.3) is 0 Å². The number of alkyl halides is 6. The maximum Gasteiger partial charge on any atom is 0.422 e. The number of rotatable bonds is 10. The van der Waals surface area contributed by atoms with Gasteiger partial charge in [-0.2, -0.15) is 30.6 Å². The Morgan fingerprint density at radius 1 is 1.00 bits per heavy atom. The number of carbonyl (C=O) groups is 2. The van der Waals surface area contributed by atoms with Gasteiger partial charge in [0.2, 0.25) is 5.54 Å². The number of likely N-dealkylation sites (tertiary alicyclic amines) is 1. The fourth-order valence-corrected chi connectivity index (χ4v) is 8.70. The van der Waals surface area contributed by atoms with Crippen molar-refractivity contribution in [1.29, 1.82) is 0 Å². The number of amides is 2. The number of methoxy groups -OCH3 is 1. The summed E-state index contributed by atoms with van der Waals surface area (Å²) in [6.45, 7) is -4.16. The lowest BCUT2D eigenvalue weighted by Gasteiger charge is -2.48. The predicted octanol–water partition coefficient (Wildman–Crippen LogP) is 4.54. The van der Waals surface area contributed by atoms with Crippen molar-refractivity contribution in [3.05, 3.63) is 76.8 Å². The maximum absolute atomic E-state index is 15.4. The molecule has 2 heterocycles. The summed E-state index contributed by atoms with van der Waals surface area (Å²) in [5, 5.41) is 13.5. The number of hydrogen-bond acceptors (Lipinski definition) is 8. The van der Waals surface area contributed by atoms with Gasteiger partial charge in [0.25, 0.3) is 15.9 Å². The van der Waals surface area contributed by atoms with Crippen molar-refractivity contribution in [3.8, 4) is 17.2 Å². The van der Waals surface area contributed by atoms with E-state index in [-0.39, 0.29) is 44.9 Å². The summed E-state index contributed by atoms with van der Waals surface area (Å²) in [6, 6.07) is 10.5. The molecule has 5 rings (SSSR count). The molecule has 0 spiro atoms. The van der Waals surface area contributed by atoms with E-state index >= 15 is 4.79 Å². The first-order valence-electron chi connectivity index (χ1n) is 15.0. The van der Waals surface area contributed by atoms with Gasteiger partial charge in [-0.3, -0.25) is 14.1 Å². The summed E-state index contributed by atoms with van der Waals surface area (Å²) in [7, 11) is -1.35. The number of aliphatic hydroxyl groups excluding tert-OH is 1. The normalized spacial score (nSPS) is 23.6. The third kappa shape index (κ3) is 6.65. The lowest BCUT2D eigenvalue weighted by molar-refractivity contribution is -0.953. The quantitative estimate of drug-likeness (QED) is 0.228. The number of fused-ring (bicyclic) bond motifs is 1. The number of anilines is 1. The van der Waals surface area contributed by atoms with Crippen LogP contribution in [0.1, 0.15) is 17.5 Å². The number of likely N-dealkylation sites (N-methyl/N-ethyl adjacent to an activating group) is 2. The average Bonchev–Trinajstić information content (AvgIpc) is 3.51. The van der Waals surface area contributed by atoms with Gasteiger partial charge in [0.1, 0.15) is 34.8 Å². The van der Waals surface area contributed by atoms with Crippen LogP contribution in [0.2, 0.25) is 5.02 Å². The van der Waals surface area contributed by atoms with Crippen molar-refractivity contribution in [2.45, 2.75) is 41.4 Å². The zero-order chi connectivity index (χ0) is 37.7. The van der Waals surface area contributed by atoms with Crippen LogP contribution in [0.15, 0.2) is 65.6 Å². The second kappa shape index (κ2) is 13.4. The molecule has 51 heavy (non-hydrogen) atoms. The monoisotopic (exact) mass is 766 g/mol. The topological polar surface area (TPSA) is 131 Å². The van der Waals surface area contributed by atoms with Gasteiger partial charge in [-0.25, -0.2) is 8.42 Å². The van der Waals surface area contributed by atoms with Crippen LogP contribution in [0.5, 0.6) is 17.2 Å². The Balaban J connectivity index is 1.84. The third-order valence-electron chi connectivity index (χ3n) is 8.87. The van der Waals surface area contributed by atoms with E-state index in [1.165, 1.54) is 51.5 Å². The summed E-state index contributed by atoms with van der Waals surface area (Å²) in [5.41, 5.74) is -2.65. The molecular formula is C32H31ClF6N3O8S+. The highest BCUT2D eigenvalue weighted by Gasteiger charge is 2.72. The van der Waals surface area contributed by atoms with Gasteiger partial charge in [0.05, 0.1) is 31.0 Å². The van der Waals surface area contributed by atoms with E-state index in [1.54, 1.807) is 6.07 Å². The number of nitrogens with one attached hydrogen (secondary N) is 1. The summed E-state index contributed by atoms with van der Waals surface area (Å²) in [6.07, 6.45) is -11.2. The fourth-order valence-electron chi connectivity index (χ4n) is 6.91. The van der Waals surface area contributed by atoms with Gasteiger partial charge in [-0.05, 0) is 42.5 Å². The summed E-state index contributed by atoms with van der Waals surface area (Å²) in [5.74, 6) is -3.49. The Morgan fingerprint density at radius 2 is 1.65 bits per heavy atom. The van der Waals surface area contributed by atoms with E-state index in [0.29, 0.717) is 12.1 Å². The summed E-state index contributed by atoms with van der Waals surface area (Å²) in [4.78, 5) is 27.8. The van der Waals surface area contributed by atoms with Gasteiger partial charge in [0, 0.05) is 24.6 Å². The van der Waals surface area contributed by atoms with Crippen LogP contribution in [-0.4, -0.2) is 95.3 Å². The van der Waals surface area contributed by atoms with Crippen molar-refractivity contribution in [1.82, 2.24) is 5.32 Å². The smallest absolute Gasteiger partial charge is 0.422 e. The van der Waals surface area contributed by atoms with Crippen molar-refractivity contribution in [2.24, 2.45) is 0 Å². The van der Waals surface area contributed by atoms with Crippen LogP contribution in [0.3, 0.4) is 0 Å². The average molecular weight is 767 g/mol. The molecule has 3 aromatic carbocycles. The van der Waals surface area contributed by atoms with Crippen LogP contribution in [-0.2, 0) is 25.2 Å². The molecule has 0 radical (unpaired) electrons. The lowest BCUT2D eigenvalue weighted by Crippen LogP contribution is -2.69. The number of nitrogens with zero attached hydrogens (tertiary/aromatic N) is 2. The van der Waals surface area contributed by atoms with Crippen LogP contribution >= 0.6 is 11.6 Å². The largest absolute Gasteiger partial charge is 0.496 e. The molecule has 0 saturated carbocycles. The van der Waals surface area contributed by atoms with E-state index < -0.39 is 86.0 Å². The Kier molecular flexibility index (Phi) is 9.96. The highest BCUT2D eigenvalue weighted by atomic mass is 35.5. The second-order valence-corrected chi connectivity index (χ2v) is 14.2. The molecule has 2 aliphatic heterocycles. The minimum Gasteiger partial charge on any atom is -0.496 e. The standard InChI is InChI=1S/C32H30ClF6N3O8S/c1-40-28(44)24-13-19(43)15-42(24,2)32(21-6-4-5-7-25(21)48-3)22-12-18(33)8-10-23(22)41(29(32)45)51(46,47)27-14-20(49-16-30(34,35)36)9-11-26(27)50-17-31(37,38)39/h4-12,14,19,24,43H,13,15-17H2,1-3H3/p+1/t19-,24+,32?,42?/m1/s1.